The van der Waals surface area contributed by atoms with E-state index < -0.39 is 27.3 Å². The van der Waals surface area contributed by atoms with Crippen molar-refractivity contribution in [3.63, 3.8) is 0 Å². The van der Waals surface area contributed by atoms with Crippen molar-refractivity contribution >= 4 is 15.7 Å². The zero-order valence-corrected chi connectivity index (χ0v) is 14.4. The SMILES string of the molecule is CC(C)C(O)C(C)(C)CNC(=O)c1ncccc1S(C)(=O)=O. The van der Waals surface area contributed by atoms with E-state index in [1.54, 1.807) is 0 Å². The number of nitrogens with one attached hydrogen (secondary N) is 1. The fourth-order valence-corrected chi connectivity index (χ4v) is 3.08. The van der Waals surface area contributed by atoms with E-state index in [-0.39, 0.29) is 23.1 Å². The number of rotatable bonds is 6. The minimum Gasteiger partial charge on any atom is -0.392 e. The predicted octanol–water partition coefficient (Wildman–Crippen LogP) is 1.26. The maximum absolute atomic E-state index is 12.2. The van der Waals surface area contributed by atoms with E-state index in [1.807, 2.05) is 27.7 Å². The molecule has 1 rings (SSSR count). The van der Waals surface area contributed by atoms with Crippen LogP contribution >= 0.6 is 0 Å². The third-order valence-corrected chi connectivity index (χ3v) is 4.65. The van der Waals surface area contributed by atoms with Crippen molar-refractivity contribution in [2.45, 2.75) is 38.7 Å². The van der Waals surface area contributed by atoms with Crippen LogP contribution in [0.1, 0.15) is 38.2 Å². The van der Waals surface area contributed by atoms with Gasteiger partial charge in [-0.25, -0.2) is 13.4 Å². The lowest BCUT2D eigenvalue weighted by Gasteiger charge is -2.33. The number of pyridine rings is 1. The minimum atomic E-state index is -3.53. The summed E-state index contributed by atoms with van der Waals surface area (Å²) in [5, 5.41) is 12.8. The summed E-state index contributed by atoms with van der Waals surface area (Å²) in [7, 11) is -3.53. The first-order chi connectivity index (χ1) is 9.97. The van der Waals surface area contributed by atoms with Crippen LogP contribution < -0.4 is 5.32 Å². The summed E-state index contributed by atoms with van der Waals surface area (Å²) in [6.45, 7) is 7.69. The Morgan fingerprint density at radius 1 is 1.41 bits per heavy atom. The summed E-state index contributed by atoms with van der Waals surface area (Å²) in [6, 6.07) is 2.82. The van der Waals surface area contributed by atoms with Gasteiger partial charge in [-0.2, -0.15) is 0 Å². The van der Waals surface area contributed by atoms with E-state index in [1.165, 1.54) is 18.3 Å². The lowest BCUT2D eigenvalue weighted by atomic mass is 9.80. The third-order valence-electron chi connectivity index (χ3n) is 3.52. The Morgan fingerprint density at radius 2 is 2.00 bits per heavy atom. The van der Waals surface area contributed by atoms with Crippen LogP contribution in [0.15, 0.2) is 23.2 Å². The molecule has 1 unspecified atom stereocenters. The molecule has 0 aliphatic heterocycles. The van der Waals surface area contributed by atoms with Crippen LogP contribution in [0, 0.1) is 11.3 Å². The molecule has 22 heavy (non-hydrogen) atoms. The molecule has 6 nitrogen and oxygen atoms in total. The molecule has 0 radical (unpaired) electrons. The highest BCUT2D eigenvalue weighted by atomic mass is 32.2. The molecular formula is C15H24N2O4S. The molecule has 1 heterocycles. The second-order valence-corrected chi connectivity index (χ2v) is 8.47. The van der Waals surface area contributed by atoms with Gasteiger partial charge >= 0.3 is 0 Å². The van der Waals surface area contributed by atoms with E-state index in [2.05, 4.69) is 10.3 Å². The van der Waals surface area contributed by atoms with Crippen LogP contribution in [-0.4, -0.2) is 43.3 Å². The molecule has 0 bridgehead atoms. The van der Waals surface area contributed by atoms with Crippen molar-refractivity contribution in [3.05, 3.63) is 24.0 Å². The lowest BCUT2D eigenvalue weighted by Crippen LogP contribution is -2.43. The number of aromatic nitrogens is 1. The van der Waals surface area contributed by atoms with Crippen molar-refractivity contribution in [1.29, 1.82) is 0 Å². The predicted molar refractivity (Wildman–Crippen MR) is 84.3 cm³/mol. The van der Waals surface area contributed by atoms with Gasteiger partial charge in [-0.3, -0.25) is 4.79 Å². The Hall–Kier alpha value is -1.47. The summed E-state index contributed by atoms with van der Waals surface area (Å²) in [6.07, 6.45) is 1.82. The second-order valence-electron chi connectivity index (χ2n) is 6.48. The number of hydrogen-bond acceptors (Lipinski definition) is 5. The average Bonchev–Trinajstić information content (AvgIpc) is 2.43. The summed E-state index contributed by atoms with van der Waals surface area (Å²) < 4.78 is 23.4. The molecule has 0 aliphatic rings. The van der Waals surface area contributed by atoms with Gasteiger partial charge in [-0.05, 0) is 18.1 Å². The van der Waals surface area contributed by atoms with Crippen molar-refractivity contribution in [3.8, 4) is 0 Å². The van der Waals surface area contributed by atoms with Crippen LogP contribution in [0.2, 0.25) is 0 Å². The maximum atomic E-state index is 12.2. The molecular weight excluding hydrogens is 304 g/mol. The molecule has 1 amide bonds. The molecule has 0 spiro atoms. The van der Waals surface area contributed by atoms with E-state index in [4.69, 9.17) is 0 Å². The van der Waals surface area contributed by atoms with Crippen LogP contribution in [0.25, 0.3) is 0 Å². The van der Waals surface area contributed by atoms with Gasteiger partial charge in [-0.1, -0.05) is 27.7 Å². The third kappa shape index (κ3) is 4.51. The van der Waals surface area contributed by atoms with Gasteiger partial charge in [-0.15, -0.1) is 0 Å². The number of amides is 1. The highest BCUT2D eigenvalue weighted by molar-refractivity contribution is 7.90. The zero-order valence-electron chi connectivity index (χ0n) is 13.6. The van der Waals surface area contributed by atoms with Crippen molar-refractivity contribution in [1.82, 2.24) is 10.3 Å². The van der Waals surface area contributed by atoms with Crippen LogP contribution in [-0.2, 0) is 9.84 Å². The summed E-state index contributed by atoms with van der Waals surface area (Å²) in [5.74, 6) is -0.515. The van der Waals surface area contributed by atoms with Gasteiger partial charge in [0.1, 0.15) is 5.69 Å². The minimum absolute atomic E-state index is 0.0494. The highest BCUT2D eigenvalue weighted by Gasteiger charge is 2.31. The number of aliphatic hydroxyl groups is 1. The second kappa shape index (κ2) is 6.75. The van der Waals surface area contributed by atoms with Crippen LogP contribution in [0.4, 0.5) is 0 Å². The zero-order chi connectivity index (χ0) is 17.1. The maximum Gasteiger partial charge on any atom is 0.271 e. The number of nitrogens with zero attached hydrogens (tertiary/aromatic N) is 1. The van der Waals surface area contributed by atoms with Gasteiger partial charge in [0.15, 0.2) is 9.84 Å². The number of carbonyl (C=O) groups excluding carboxylic acids is 1. The van der Waals surface area contributed by atoms with E-state index in [9.17, 15) is 18.3 Å². The molecule has 1 aromatic heterocycles. The molecule has 1 aromatic rings. The topological polar surface area (TPSA) is 96.4 Å². The fourth-order valence-electron chi connectivity index (χ4n) is 2.26. The summed E-state index contributed by atoms with van der Waals surface area (Å²) >= 11 is 0. The van der Waals surface area contributed by atoms with E-state index in [0.717, 1.165) is 6.26 Å². The normalized spacial score (nSPS) is 14.0. The standard InChI is InChI=1S/C15H24N2O4S/c1-10(2)13(18)15(3,4)9-17-14(19)12-11(22(5,20)21)7-6-8-16-12/h6-8,10,13,18H,9H2,1-5H3,(H,17,19). The fraction of sp³-hybridized carbons (Fsp3) is 0.600. The lowest BCUT2D eigenvalue weighted by molar-refractivity contribution is 0.0137. The van der Waals surface area contributed by atoms with Crippen LogP contribution in [0.5, 0.6) is 0 Å². The first kappa shape index (κ1) is 18.6. The molecule has 0 aromatic carbocycles. The molecule has 0 fully saturated rings. The largest absolute Gasteiger partial charge is 0.392 e. The molecule has 0 saturated heterocycles. The van der Waals surface area contributed by atoms with Gasteiger partial charge in [0.05, 0.1) is 11.0 Å². The Bertz CT molecular complexity index is 639. The van der Waals surface area contributed by atoms with Gasteiger partial charge < -0.3 is 10.4 Å². The van der Waals surface area contributed by atoms with E-state index >= 15 is 0 Å². The van der Waals surface area contributed by atoms with E-state index in [0.29, 0.717) is 0 Å². The van der Waals surface area contributed by atoms with Crippen LogP contribution in [0.3, 0.4) is 0 Å². The Kier molecular flexibility index (Phi) is 5.70. The molecule has 0 saturated carbocycles. The molecule has 0 aliphatic carbocycles. The summed E-state index contributed by atoms with van der Waals surface area (Å²) in [4.78, 5) is 16.0. The monoisotopic (exact) mass is 328 g/mol. The van der Waals surface area contributed by atoms with Gasteiger partial charge in [0, 0.05) is 24.4 Å². The summed E-state index contributed by atoms with van der Waals surface area (Å²) in [5.41, 5.74) is -0.663. The number of sulfone groups is 1. The average molecular weight is 328 g/mol. The molecule has 2 N–H and O–H groups in total. The van der Waals surface area contributed by atoms with Gasteiger partial charge in [0.25, 0.3) is 5.91 Å². The molecule has 1 atom stereocenters. The Morgan fingerprint density at radius 3 is 2.50 bits per heavy atom. The number of carbonyl (C=O) groups is 1. The first-order valence-corrected chi connectivity index (χ1v) is 8.97. The van der Waals surface area contributed by atoms with Crippen molar-refractivity contribution < 1.29 is 18.3 Å². The first-order valence-electron chi connectivity index (χ1n) is 7.08. The highest BCUT2D eigenvalue weighted by Crippen LogP contribution is 2.25. The Balaban J connectivity index is 2.92. The molecule has 7 heteroatoms. The smallest absolute Gasteiger partial charge is 0.271 e. The number of aliphatic hydroxyl groups excluding tert-OH is 1. The molecule has 124 valence electrons. The van der Waals surface area contributed by atoms with Crippen molar-refractivity contribution in [2.24, 2.45) is 11.3 Å². The van der Waals surface area contributed by atoms with Crippen molar-refractivity contribution in [2.75, 3.05) is 12.8 Å². The van der Waals surface area contributed by atoms with Gasteiger partial charge in [0.2, 0.25) is 0 Å². The number of hydrogen-bond donors (Lipinski definition) is 2. The Labute approximate surface area is 131 Å². The quantitative estimate of drug-likeness (QED) is 0.819.